The maximum absolute atomic E-state index is 13.6. The molecule has 10 nitrogen and oxygen atoms in total. The van der Waals surface area contributed by atoms with E-state index in [1.165, 1.54) is 0 Å². The Bertz CT molecular complexity index is 1180. The number of carbonyl (C=O) groups is 3. The standard InChI is InChI=1S/C24H26N4O6/c1-13-7-3-5-9-15(13)18(29)19(30)21-24(33,20(31)16-10-6-4-8-14(16)2)11-17(34-21)28-12-26-22(25)27-23(28)32/h3-10,17-18,21,29,33H,11-12H2,1-2H3,(H3,25,26,27,32)/t17-,18?,21-,24-/m1/s1. The van der Waals surface area contributed by atoms with E-state index in [0.717, 1.165) is 4.90 Å². The van der Waals surface area contributed by atoms with Crippen LogP contribution in [0, 0.1) is 13.8 Å². The van der Waals surface area contributed by atoms with Crippen molar-refractivity contribution >= 4 is 23.6 Å². The van der Waals surface area contributed by atoms with Gasteiger partial charge in [0.25, 0.3) is 0 Å². The number of aliphatic hydroxyl groups is 2. The first-order valence-corrected chi connectivity index (χ1v) is 10.8. The number of hydrogen-bond acceptors (Lipinski definition) is 8. The summed E-state index contributed by atoms with van der Waals surface area (Å²) in [4.78, 5) is 44.5. The van der Waals surface area contributed by atoms with Crippen LogP contribution in [0.1, 0.15) is 39.6 Å². The Kier molecular flexibility index (Phi) is 6.22. The van der Waals surface area contributed by atoms with Crippen molar-refractivity contribution in [2.45, 2.75) is 44.3 Å². The average molecular weight is 466 g/mol. The van der Waals surface area contributed by atoms with Gasteiger partial charge in [-0.25, -0.2) is 9.79 Å². The molecule has 178 valence electrons. The smallest absolute Gasteiger partial charge is 0.327 e. The van der Waals surface area contributed by atoms with Crippen molar-refractivity contribution < 1.29 is 29.3 Å². The molecule has 1 unspecified atom stereocenters. The number of hydrogen-bond donors (Lipinski definition) is 4. The van der Waals surface area contributed by atoms with Gasteiger partial charge >= 0.3 is 6.03 Å². The predicted octanol–water partition coefficient (Wildman–Crippen LogP) is 0.932. The van der Waals surface area contributed by atoms with Gasteiger partial charge in [0.1, 0.15) is 19.0 Å². The lowest BCUT2D eigenvalue weighted by atomic mass is 9.81. The molecule has 2 heterocycles. The number of nitrogens with one attached hydrogen (secondary N) is 1. The normalized spacial score (nSPS) is 25.5. The molecule has 1 saturated heterocycles. The van der Waals surface area contributed by atoms with E-state index in [2.05, 4.69) is 10.3 Å². The van der Waals surface area contributed by atoms with Crippen LogP contribution >= 0.6 is 0 Å². The van der Waals surface area contributed by atoms with Crippen LogP contribution in [0.25, 0.3) is 0 Å². The van der Waals surface area contributed by atoms with Gasteiger partial charge in [-0.05, 0) is 30.5 Å². The van der Waals surface area contributed by atoms with E-state index in [1.807, 2.05) is 0 Å². The number of nitrogens with two attached hydrogens (primary N) is 1. The monoisotopic (exact) mass is 466 g/mol. The van der Waals surface area contributed by atoms with Crippen LogP contribution < -0.4 is 11.1 Å². The zero-order chi connectivity index (χ0) is 24.6. The molecule has 0 aromatic heterocycles. The lowest BCUT2D eigenvalue weighted by molar-refractivity contribution is -0.149. The summed E-state index contributed by atoms with van der Waals surface area (Å²) >= 11 is 0. The van der Waals surface area contributed by atoms with Crippen LogP contribution in [-0.4, -0.2) is 63.3 Å². The van der Waals surface area contributed by atoms with Crippen LogP contribution in [0.15, 0.2) is 53.5 Å². The fraction of sp³-hybridized carbons (Fsp3) is 0.333. The highest BCUT2D eigenvalue weighted by Gasteiger charge is 2.59. The number of Topliss-reactive ketones (excluding diaryl/α,β-unsaturated/α-hetero) is 2. The second kappa shape index (κ2) is 8.98. The van der Waals surface area contributed by atoms with Gasteiger partial charge in [0.05, 0.1) is 0 Å². The summed E-state index contributed by atoms with van der Waals surface area (Å²) < 4.78 is 5.82. The number of urea groups is 1. The minimum atomic E-state index is -2.33. The Morgan fingerprint density at radius 3 is 2.47 bits per heavy atom. The molecule has 0 saturated carbocycles. The lowest BCUT2D eigenvalue weighted by Crippen LogP contribution is -2.54. The number of benzene rings is 2. The molecule has 4 atom stereocenters. The summed E-state index contributed by atoms with van der Waals surface area (Å²) in [5, 5.41) is 24.9. The second-order valence-corrected chi connectivity index (χ2v) is 8.49. The predicted molar refractivity (Wildman–Crippen MR) is 122 cm³/mol. The highest BCUT2D eigenvalue weighted by Crippen LogP contribution is 2.39. The molecule has 4 rings (SSSR count). The molecule has 2 aromatic carbocycles. The Labute approximate surface area is 196 Å². The first-order chi connectivity index (χ1) is 16.1. The van der Waals surface area contributed by atoms with E-state index in [1.54, 1.807) is 62.4 Å². The maximum Gasteiger partial charge on any atom is 0.327 e. The topological polar surface area (TPSA) is 155 Å². The van der Waals surface area contributed by atoms with Crippen molar-refractivity contribution in [3.05, 3.63) is 70.8 Å². The van der Waals surface area contributed by atoms with E-state index in [0.29, 0.717) is 16.7 Å². The van der Waals surface area contributed by atoms with Crippen molar-refractivity contribution in [1.82, 2.24) is 10.2 Å². The molecule has 0 bridgehead atoms. The second-order valence-electron chi connectivity index (χ2n) is 8.49. The first kappa shape index (κ1) is 23.6. The van der Waals surface area contributed by atoms with Crippen LogP contribution in [0.2, 0.25) is 0 Å². The van der Waals surface area contributed by atoms with Crippen molar-refractivity contribution in [2.24, 2.45) is 10.7 Å². The van der Waals surface area contributed by atoms with Crippen molar-refractivity contribution in [2.75, 3.05) is 6.67 Å². The summed E-state index contributed by atoms with van der Waals surface area (Å²) in [5.41, 5.74) is 5.01. The van der Waals surface area contributed by atoms with Gasteiger partial charge in [-0.2, -0.15) is 0 Å². The summed E-state index contributed by atoms with van der Waals surface area (Å²) in [6.07, 6.45) is -4.92. The molecule has 10 heteroatoms. The molecule has 2 aliphatic heterocycles. The van der Waals surface area contributed by atoms with E-state index < -0.39 is 41.6 Å². The minimum Gasteiger partial charge on any atom is -0.380 e. The van der Waals surface area contributed by atoms with Gasteiger partial charge in [0.15, 0.2) is 29.2 Å². The van der Waals surface area contributed by atoms with Crippen LogP contribution in [0.4, 0.5) is 4.79 Å². The molecule has 0 radical (unpaired) electrons. The third kappa shape index (κ3) is 4.07. The fourth-order valence-electron chi connectivity index (χ4n) is 4.30. The lowest BCUT2D eigenvalue weighted by Gasteiger charge is -2.29. The Balaban J connectivity index is 1.72. The fourth-order valence-corrected chi connectivity index (χ4v) is 4.30. The molecule has 0 aliphatic carbocycles. The SMILES string of the molecule is Cc1ccccc1C(=O)[C@]1(O)C[C@H](N2CN=C(N)NC2=O)O[C@@H]1C(=O)C(O)c1ccccc1C. The highest BCUT2D eigenvalue weighted by molar-refractivity contribution is 6.08. The number of aryl methyl sites for hydroxylation is 2. The number of aliphatic imine (C=N–C) groups is 1. The van der Waals surface area contributed by atoms with Gasteiger partial charge in [0, 0.05) is 12.0 Å². The highest BCUT2D eigenvalue weighted by atomic mass is 16.5. The van der Waals surface area contributed by atoms with E-state index >= 15 is 0 Å². The van der Waals surface area contributed by atoms with Crippen molar-refractivity contribution in [3.63, 3.8) is 0 Å². The Hall–Kier alpha value is -3.60. The quantitative estimate of drug-likeness (QED) is 0.462. The molecule has 34 heavy (non-hydrogen) atoms. The summed E-state index contributed by atoms with van der Waals surface area (Å²) in [5.74, 6) is -1.70. The number of guanidine groups is 1. The molecule has 2 amide bonds. The van der Waals surface area contributed by atoms with Crippen LogP contribution in [0.5, 0.6) is 0 Å². The van der Waals surface area contributed by atoms with Crippen molar-refractivity contribution in [1.29, 1.82) is 0 Å². The molecule has 5 N–H and O–H groups in total. The number of aliphatic hydroxyl groups excluding tert-OH is 1. The third-order valence-corrected chi connectivity index (χ3v) is 6.24. The molecule has 0 spiro atoms. The molecule has 2 aliphatic rings. The van der Waals surface area contributed by atoms with E-state index in [-0.39, 0.29) is 24.6 Å². The number of ketones is 2. The summed E-state index contributed by atoms with van der Waals surface area (Å²) in [6.45, 7) is 3.26. The molecule has 2 aromatic rings. The maximum atomic E-state index is 13.6. The van der Waals surface area contributed by atoms with Gasteiger partial charge in [-0.15, -0.1) is 0 Å². The molecular weight excluding hydrogens is 440 g/mol. The largest absolute Gasteiger partial charge is 0.380 e. The summed E-state index contributed by atoms with van der Waals surface area (Å²) in [6, 6.07) is 12.7. The van der Waals surface area contributed by atoms with Crippen LogP contribution in [-0.2, 0) is 9.53 Å². The molecular formula is C24H26N4O6. The number of nitrogens with zero attached hydrogens (tertiary/aromatic N) is 2. The van der Waals surface area contributed by atoms with Gasteiger partial charge < -0.3 is 20.7 Å². The summed E-state index contributed by atoms with van der Waals surface area (Å²) in [7, 11) is 0. The van der Waals surface area contributed by atoms with Crippen molar-refractivity contribution in [3.8, 4) is 0 Å². The van der Waals surface area contributed by atoms with E-state index in [4.69, 9.17) is 10.5 Å². The number of carbonyl (C=O) groups excluding carboxylic acids is 3. The first-order valence-electron chi connectivity index (χ1n) is 10.8. The number of rotatable bonds is 6. The van der Waals surface area contributed by atoms with Gasteiger partial charge in [-0.1, -0.05) is 48.5 Å². The van der Waals surface area contributed by atoms with E-state index in [9.17, 15) is 24.6 Å². The average Bonchev–Trinajstić information content (AvgIpc) is 3.16. The minimum absolute atomic E-state index is 0.0758. The van der Waals surface area contributed by atoms with Gasteiger partial charge in [0.2, 0.25) is 0 Å². The number of amides is 2. The zero-order valence-electron chi connectivity index (χ0n) is 18.8. The number of ether oxygens (including phenoxy) is 1. The third-order valence-electron chi connectivity index (χ3n) is 6.24. The molecule has 1 fully saturated rings. The Morgan fingerprint density at radius 2 is 1.82 bits per heavy atom. The van der Waals surface area contributed by atoms with Crippen LogP contribution in [0.3, 0.4) is 0 Å². The zero-order valence-corrected chi connectivity index (χ0v) is 18.8. The Morgan fingerprint density at radius 1 is 1.18 bits per heavy atom. The van der Waals surface area contributed by atoms with Gasteiger partial charge in [-0.3, -0.25) is 19.8 Å².